The highest BCUT2D eigenvalue weighted by molar-refractivity contribution is 5.92. The van der Waals surface area contributed by atoms with Crippen molar-refractivity contribution in [3.8, 4) is 0 Å². The molecule has 2 fully saturated rings. The Kier molecular flexibility index (Phi) is 11.1. The maximum absolute atomic E-state index is 13.0. The molecule has 12 nitrogen and oxygen atoms in total. The Bertz CT molecular complexity index is 859. The number of nitrogens with zero attached hydrogens (tertiary/aromatic N) is 4. The van der Waals surface area contributed by atoms with Crippen molar-refractivity contribution in [3.63, 3.8) is 0 Å². The van der Waals surface area contributed by atoms with E-state index < -0.39 is 34.3 Å². The lowest BCUT2D eigenvalue weighted by Crippen LogP contribution is -2.53. The van der Waals surface area contributed by atoms with Crippen molar-refractivity contribution in [2.75, 3.05) is 39.5 Å². The third-order valence-electron chi connectivity index (χ3n) is 7.36. The maximum Gasteiger partial charge on any atom is 0.325 e. The van der Waals surface area contributed by atoms with Crippen LogP contribution >= 0.6 is 0 Å². The zero-order valence-corrected chi connectivity index (χ0v) is 26.1. The van der Waals surface area contributed by atoms with Crippen LogP contribution in [0.2, 0.25) is 0 Å². The molecule has 0 saturated carbocycles. The maximum atomic E-state index is 13.0. The zero-order chi connectivity index (χ0) is 30.5. The van der Waals surface area contributed by atoms with E-state index in [0.29, 0.717) is 26.1 Å². The fourth-order valence-corrected chi connectivity index (χ4v) is 5.38. The number of amides is 2. The predicted octanol–water partition coefficient (Wildman–Crippen LogP) is 2.85. The monoisotopic (exact) mass is 570 g/mol. The van der Waals surface area contributed by atoms with Crippen molar-refractivity contribution in [2.24, 2.45) is 0 Å². The number of ether oxygens (including phenoxy) is 2. The lowest BCUT2D eigenvalue weighted by Gasteiger charge is -2.38. The van der Waals surface area contributed by atoms with E-state index in [1.807, 2.05) is 41.5 Å². The van der Waals surface area contributed by atoms with Crippen molar-refractivity contribution in [3.05, 3.63) is 0 Å². The van der Waals surface area contributed by atoms with E-state index in [4.69, 9.17) is 19.1 Å². The summed E-state index contributed by atoms with van der Waals surface area (Å²) in [5, 5.41) is 3.31. The van der Waals surface area contributed by atoms with Crippen LogP contribution in [-0.4, -0.2) is 106 Å². The number of carbonyl (C=O) groups excluding carboxylic acids is 4. The average molecular weight is 571 g/mol. The van der Waals surface area contributed by atoms with Crippen LogP contribution < -0.4 is 0 Å². The molecule has 230 valence electrons. The lowest BCUT2D eigenvalue weighted by atomic mass is 10.1. The van der Waals surface area contributed by atoms with Crippen LogP contribution in [0.1, 0.15) is 94.9 Å². The lowest BCUT2D eigenvalue weighted by molar-refractivity contribution is -0.253. The first kappa shape index (κ1) is 33.9. The van der Waals surface area contributed by atoms with E-state index in [-0.39, 0.29) is 38.1 Å². The minimum absolute atomic E-state index is 0.133. The Morgan fingerprint density at radius 1 is 0.600 bits per heavy atom. The van der Waals surface area contributed by atoms with Gasteiger partial charge in [-0.15, -0.1) is 10.1 Å². The Labute approximate surface area is 239 Å². The molecule has 12 heteroatoms. The van der Waals surface area contributed by atoms with Crippen LogP contribution in [0.15, 0.2) is 0 Å². The third kappa shape index (κ3) is 6.95. The van der Waals surface area contributed by atoms with Gasteiger partial charge in [-0.25, -0.2) is 0 Å². The van der Waals surface area contributed by atoms with Gasteiger partial charge in [0.2, 0.25) is 11.8 Å². The standard InChI is InChI=1S/C28H50N4O8/c1-11-15-39-31-25(3,4)23(35)29(27(31,7)8)19-21(33)37-17-13-14-18-38-22(34)20-30-24(36)26(5,6)32(28(30,9)10)40-16-12-2/h11-20H2,1-10H3. The molecule has 0 radical (unpaired) electrons. The van der Waals surface area contributed by atoms with Gasteiger partial charge in [-0.05, 0) is 81.1 Å². The summed E-state index contributed by atoms with van der Waals surface area (Å²) in [5.41, 5.74) is -3.45. The van der Waals surface area contributed by atoms with Crippen molar-refractivity contribution in [2.45, 2.75) is 117 Å². The van der Waals surface area contributed by atoms with Crippen molar-refractivity contribution in [1.82, 2.24) is 19.9 Å². The highest BCUT2D eigenvalue weighted by Crippen LogP contribution is 2.39. The van der Waals surface area contributed by atoms with E-state index in [0.717, 1.165) is 12.8 Å². The van der Waals surface area contributed by atoms with Gasteiger partial charge in [-0.2, -0.15) is 0 Å². The van der Waals surface area contributed by atoms with Gasteiger partial charge in [-0.3, -0.25) is 28.9 Å². The van der Waals surface area contributed by atoms with Crippen LogP contribution in [0.4, 0.5) is 0 Å². The number of unbranched alkanes of at least 4 members (excludes halogenated alkanes) is 1. The summed E-state index contributed by atoms with van der Waals surface area (Å²) in [6.45, 7) is 19.3. The normalized spacial score (nSPS) is 21.8. The Balaban J connectivity index is 1.76. The molecule has 2 saturated heterocycles. The minimum atomic E-state index is -0.908. The van der Waals surface area contributed by atoms with E-state index >= 15 is 0 Å². The van der Waals surface area contributed by atoms with Crippen LogP contribution in [0, 0.1) is 0 Å². The molecule has 0 aromatic carbocycles. The van der Waals surface area contributed by atoms with Gasteiger partial charge in [-0.1, -0.05) is 13.8 Å². The predicted molar refractivity (Wildman–Crippen MR) is 147 cm³/mol. The molecule has 0 aromatic heterocycles. The molecule has 2 heterocycles. The summed E-state index contributed by atoms with van der Waals surface area (Å²) in [6.07, 6.45) is 2.56. The second kappa shape index (κ2) is 13.1. The molecule has 0 bridgehead atoms. The van der Waals surface area contributed by atoms with Gasteiger partial charge in [0.1, 0.15) is 35.5 Å². The van der Waals surface area contributed by atoms with Crippen LogP contribution in [0.3, 0.4) is 0 Å². The molecule has 2 aliphatic rings. The molecule has 0 N–H and O–H groups in total. The van der Waals surface area contributed by atoms with Gasteiger partial charge < -0.3 is 19.3 Å². The van der Waals surface area contributed by atoms with Gasteiger partial charge in [0.05, 0.1) is 26.4 Å². The average Bonchev–Trinajstić information content (AvgIpc) is 3.06. The molecule has 40 heavy (non-hydrogen) atoms. The molecule has 0 spiro atoms. The van der Waals surface area contributed by atoms with Crippen molar-refractivity contribution < 1.29 is 38.3 Å². The van der Waals surface area contributed by atoms with Crippen LogP contribution in [0.25, 0.3) is 0 Å². The molecule has 2 rings (SSSR count). The summed E-state index contributed by atoms with van der Waals surface area (Å²) in [6, 6.07) is 0. The molecule has 0 aliphatic carbocycles. The van der Waals surface area contributed by atoms with Gasteiger partial charge in [0, 0.05) is 0 Å². The topological polar surface area (TPSA) is 118 Å². The Morgan fingerprint density at radius 2 is 0.925 bits per heavy atom. The van der Waals surface area contributed by atoms with Crippen LogP contribution in [-0.2, 0) is 38.3 Å². The summed E-state index contributed by atoms with van der Waals surface area (Å²) < 4.78 is 10.7. The SMILES string of the molecule is CCCON1C(C)(C)C(=O)N(CC(=O)OCCCCOC(=O)CN2C(=O)C(C)(C)N(OCCC)C2(C)C)C1(C)C. The van der Waals surface area contributed by atoms with Crippen molar-refractivity contribution in [1.29, 1.82) is 0 Å². The van der Waals surface area contributed by atoms with E-state index in [2.05, 4.69) is 0 Å². The molecular formula is C28H50N4O8. The van der Waals surface area contributed by atoms with Crippen molar-refractivity contribution >= 4 is 23.8 Å². The highest BCUT2D eigenvalue weighted by Gasteiger charge is 2.59. The largest absolute Gasteiger partial charge is 0.464 e. The molecule has 2 aliphatic heterocycles. The smallest absolute Gasteiger partial charge is 0.325 e. The first-order valence-electron chi connectivity index (χ1n) is 14.3. The molecule has 0 aromatic rings. The van der Waals surface area contributed by atoms with E-state index in [1.54, 1.807) is 37.8 Å². The molecule has 0 unspecified atom stereocenters. The number of hydrogen-bond donors (Lipinski definition) is 0. The second-order valence-electron chi connectivity index (χ2n) is 12.3. The number of esters is 2. The number of rotatable bonds is 15. The summed E-state index contributed by atoms with van der Waals surface area (Å²) in [5.74, 6) is -1.45. The summed E-state index contributed by atoms with van der Waals surface area (Å²) >= 11 is 0. The molecular weight excluding hydrogens is 520 g/mol. The van der Waals surface area contributed by atoms with Crippen LogP contribution in [0.5, 0.6) is 0 Å². The fourth-order valence-electron chi connectivity index (χ4n) is 5.38. The minimum Gasteiger partial charge on any atom is -0.464 e. The van der Waals surface area contributed by atoms with E-state index in [1.165, 1.54) is 9.80 Å². The molecule has 2 amide bonds. The number of hydroxylamine groups is 4. The Morgan fingerprint density at radius 3 is 1.23 bits per heavy atom. The molecule has 0 atom stereocenters. The van der Waals surface area contributed by atoms with Gasteiger partial charge in [0.25, 0.3) is 0 Å². The summed E-state index contributed by atoms with van der Waals surface area (Å²) in [7, 11) is 0. The summed E-state index contributed by atoms with van der Waals surface area (Å²) in [4.78, 5) is 65.7. The first-order valence-corrected chi connectivity index (χ1v) is 14.3. The Hall–Kier alpha value is -2.28. The first-order chi connectivity index (χ1) is 18.5. The zero-order valence-electron chi connectivity index (χ0n) is 26.1. The van der Waals surface area contributed by atoms with Gasteiger partial charge in [0.15, 0.2) is 0 Å². The number of hydrogen-bond acceptors (Lipinski definition) is 10. The highest BCUT2D eigenvalue weighted by atomic mass is 16.7. The third-order valence-corrected chi connectivity index (χ3v) is 7.36. The van der Waals surface area contributed by atoms with Gasteiger partial charge >= 0.3 is 11.9 Å². The number of carbonyl (C=O) groups is 4. The second-order valence-corrected chi connectivity index (χ2v) is 12.3. The van der Waals surface area contributed by atoms with E-state index in [9.17, 15) is 19.2 Å². The fraction of sp³-hybridized carbons (Fsp3) is 0.857. The quantitative estimate of drug-likeness (QED) is 0.215.